The number of ether oxygens (including phenoxy) is 2. The highest BCUT2D eigenvalue weighted by Crippen LogP contribution is 2.35. The number of piperidine rings is 1. The Morgan fingerprint density at radius 1 is 0.923 bits per heavy atom. The van der Waals surface area contributed by atoms with Crippen LogP contribution in [0.2, 0.25) is 0 Å². The van der Waals surface area contributed by atoms with Crippen molar-refractivity contribution in [1.82, 2.24) is 15.2 Å². The Kier molecular flexibility index (Phi) is 7.42. The first-order chi connectivity index (χ1) is 19.2. The minimum atomic E-state index is -0.440. The van der Waals surface area contributed by atoms with E-state index in [4.69, 9.17) is 14.5 Å². The van der Waals surface area contributed by atoms with Crippen LogP contribution in [-0.2, 0) is 16.0 Å². The van der Waals surface area contributed by atoms with Gasteiger partial charge in [-0.15, -0.1) is 0 Å². The van der Waals surface area contributed by atoms with Crippen LogP contribution >= 0.6 is 0 Å². The first-order valence-corrected chi connectivity index (χ1v) is 14.0. The standard InChI is InChI=1S/C33H35N3O3/c1-2-28(24-11-5-3-6-12-24)35-32(37)30-26-15-9-10-16-29(26)34-31(25-13-7-4-8-14-25)27(30)23-36-19-17-33(18-20-36)38-21-22-39-33/h3-16,28H,2,17-23H2,1H3,(H,35,37)/t28-/m0/s1. The molecule has 6 nitrogen and oxygen atoms in total. The van der Waals surface area contributed by atoms with Gasteiger partial charge < -0.3 is 14.8 Å². The number of rotatable bonds is 7. The summed E-state index contributed by atoms with van der Waals surface area (Å²) in [5.41, 5.74) is 5.48. The second-order valence-corrected chi connectivity index (χ2v) is 10.4. The van der Waals surface area contributed by atoms with Crippen molar-refractivity contribution in [3.05, 3.63) is 102 Å². The van der Waals surface area contributed by atoms with Gasteiger partial charge >= 0.3 is 0 Å². The molecule has 2 saturated heterocycles. The smallest absolute Gasteiger partial charge is 0.252 e. The average Bonchev–Trinajstić information content (AvgIpc) is 3.45. The monoisotopic (exact) mass is 521 g/mol. The van der Waals surface area contributed by atoms with Crippen molar-refractivity contribution in [2.45, 2.75) is 44.6 Å². The zero-order chi connectivity index (χ0) is 26.7. The Labute approximate surface area is 230 Å². The first-order valence-electron chi connectivity index (χ1n) is 14.0. The molecule has 0 aliphatic carbocycles. The first kappa shape index (κ1) is 25.7. The van der Waals surface area contributed by atoms with Crippen LogP contribution in [0.1, 0.15) is 53.7 Å². The van der Waals surface area contributed by atoms with E-state index in [0.717, 1.165) is 65.6 Å². The molecular weight excluding hydrogens is 486 g/mol. The number of hydrogen-bond acceptors (Lipinski definition) is 5. The van der Waals surface area contributed by atoms with Crippen LogP contribution in [0.4, 0.5) is 0 Å². The lowest BCUT2D eigenvalue weighted by atomic mass is 9.94. The summed E-state index contributed by atoms with van der Waals surface area (Å²) in [5, 5.41) is 4.24. The van der Waals surface area contributed by atoms with E-state index in [1.54, 1.807) is 0 Å². The maximum absolute atomic E-state index is 14.3. The van der Waals surface area contributed by atoms with Crippen molar-refractivity contribution in [1.29, 1.82) is 0 Å². The lowest BCUT2D eigenvalue weighted by Gasteiger charge is -2.38. The van der Waals surface area contributed by atoms with Crippen LogP contribution in [-0.4, -0.2) is 47.9 Å². The second-order valence-electron chi connectivity index (χ2n) is 10.4. The number of pyridine rings is 1. The Bertz CT molecular complexity index is 1430. The van der Waals surface area contributed by atoms with E-state index >= 15 is 0 Å². The van der Waals surface area contributed by atoms with E-state index < -0.39 is 5.79 Å². The summed E-state index contributed by atoms with van der Waals surface area (Å²) in [6, 6.07) is 28.3. The summed E-state index contributed by atoms with van der Waals surface area (Å²) in [6.07, 6.45) is 2.44. The van der Waals surface area contributed by atoms with Crippen molar-refractivity contribution in [3.8, 4) is 11.3 Å². The molecule has 2 aliphatic heterocycles. The third-order valence-corrected chi connectivity index (χ3v) is 8.00. The topological polar surface area (TPSA) is 63.7 Å². The van der Waals surface area contributed by atoms with Crippen molar-refractivity contribution in [2.24, 2.45) is 0 Å². The predicted octanol–water partition coefficient (Wildman–Crippen LogP) is 6.12. The number of para-hydroxylation sites is 1. The zero-order valence-corrected chi connectivity index (χ0v) is 22.4. The van der Waals surface area contributed by atoms with E-state index in [1.807, 2.05) is 60.7 Å². The van der Waals surface area contributed by atoms with Crippen molar-refractivity contribution in [3.63, 3.8) is 0 Å². The molecule has 1 amide bonds. The fourth-order valence-electron chi connectivity index (χ4n) is 5.90. The van der Waals surface area contributed by atoms with E-state index in [1.165, 1.54) is 0 Å². The van der Waals surface area contributed by atoms with Crippen LogP contribution in [0.3, 0.4) is 0 Å². The van der Waals surface area contributed by atoms with E-state index in [9.17, 15) is 4.79 Å². The highest BCUT2D eigenvalue weighted by atomic mass is 16.7. The molecule has 6 heteroatoms. The SMILES string of the molecule is CC[C@H](NC(=O)c1c(CN2CCC3(CC2)OCCO3)c(-c2ccccc2)nc2ccccc12)c1ccccc1. The fourth-order valence-corrected chi connectivity index (χ4v) is 5.90. The van der Waals surface area contributed by atoms with Gasteiger partial charge in [-0.3, -0.25) is 9.69 Å². The van der Waals surface area contributed by atoms with Crippen LogP contribution in [0.25, 0.3) is 22.2 Å². The molecule has 0 radical (unpaired) electrons. The van der Waals surface area contributed by atoms with E-state index in [-0.39, 0.29) is 11.9 Å². The zero-order valence-electron chi connectivity index (χ0n) is 22.4. The maximum Gasteiger partial charge on any atom is 0.252 e. The lowest BCUT2D eigenvalue weighted by molar-refractivity contribution is -0.185. The molecule has 2 fully saturated rings. The quantitative estimate of drug-likeness (QED) is 0.317. The maximum atomic E-state index is 14.3. The highest BCUT2D eigenvalue weighted by molar-refractivity contribution is 6.09. The third-order valence-electron chi connectivity index (χ3n) is 8.00. The molecule has 4 aromatic rings. The molecular formula is C33H35N3O3. The minimum Gasteiger partial charge on any atom is -0.347 e. The lowest BCUT2D eigenvalue weighted by Crippen LogP contribution is -2.45. The Morgan fingerprint density at radius 3 is 2.26 bits per heavy atom. The van der Waals surface area contributed by atoms with Gasteiger partial charge in [0, 0.05) is 49.0 Å². The summed E-state index contributed by atoms with van der Waals surface area (Å²) in [6.45, 7) is 5.74. The predicted molar refractivity (Wildman–Crippen MR) is 153 cm³/mol. The summed E-state index contributed by atoms with van der Waals surface area (Å²) < 4.78 is 11.9. The van der Waals surface area contributed by atoms with Crippen molar-refractivity contribution in [2.75, 3.05) is 26.3 Å². The number of hydrogen-bond donors (Lipinski definition) is 1. The molecule has 3 heterocycles. The number of nitrogens with one attached hydrogen (secondary N) is 1. The molecule has 0 saturated carbocycles. The van der Waals surface area contributed by atoms with Gasteiger partial charge in [-0.05, 0) is 18.1 Å². The normalized spacial score (nSPS) is 17.9. The van der Waals surface area contributed by atoms with Gasteiger partial charge in [0.25, 0.3) is 5.91 Å². The minimum absolute atomic E-state index is 0.0626. The molecule has 200 valence electrons. The number of carbonyl (C=O) groups is 1. The second kappa shape index (κ2) is 11.3. The van der Waals surface area contributed by atoms with Crippen molar-refractivity contribution >= 4 is 16.8 Å². The van der Waals surface area contributed by atoms with Gasteiger partial charge in [0.1, 0.15) is 0 Å². The van der Waals surface area contributed by atoms with Crippen molar-refractivity contribution < 1.29 is 14.3 Å². The number of carbonyl (C=O) groups excluding carboxylic acids is 1. The summed E-state index contributed by atoms with van der Waals surface area (Å²) in [4.78, 5) is 21.8. The molecule has 1 aromatic heterocycles. The van der Waals surface area contributed by atoms with Crippen LogP contribution in [0.5, 0.6) is 0 Å². The van der Waals surface area contributed by atoms with Gasteiger partial charge in [-0.2, -0.15) is 0 Å². The Morgan fingerprint density at radius 2 is 1.56 bits per heavy atom. The van der Waals surface area contributed by atoms with Gasteiger partial charge in [0.2, 0.25) is 0 Å². The molecule has 39 heavy (non-hydrogen) atoms. The average molecular weight is 522 g/mol. The van der Waals surface area contributed by atoms with Crippen LogP contribution < -0.4 is 5.32 Å². The Hall–Kier alpha value is -3.58. The molecule has 1 atom stereocenters. The van der Waals surface area contributed by atoms with Crippen LogP contribution in [0, 0.1) is 0 Å². The van der Waals surface area contributed by atoms with E-state index in [2.05, 4.69) is 41.4 Å². The summed E-state index contributed by atoms with van der Waals surface area (Å²) in [7, 11) is 0. The number of nitrogens with zero attached hydrogens (tertiary/aromatic N) is 2. The molecule has 1 N–H and O–H groups in total. The fraction of sp³-hybridized carbons (Fsp3) is 0.333. The number of fused-ring (bicyclic) bond motifs is 1. The highest BCUT2D eigenvalue weighted by Gasteiger charge is 2.40. The van der Waals surface area contributed by atoms with Gasteiger partial charge in [0.05, 0.1) is 36.0 Å². The summed E-state index contributed by atoms with van der Waals surface area (Å²) >= 11 is 0. The number of amides is 1. The van der Waals surface area contributed by atoms with E-state index in [0.29, 0.717) is 25.3 Å². The Balaban J connectivity index is 1.42. The summed E-state index contributed by atoms with van der Waals surface area (Å²) in [5.74, 6) is -0.502. The molecule has 1 spiro atoms. The molecule has 6 rings (SSSR count). The van der Waals surface area contributed by atoms with Crippen LogP contribution in [0.15, 0.2) is 84.9 Å². The number of likely N-dealkylation sites (tertiary alicyclic amines) is 1. The molecule has 3 aromatic carbocycles. The number of aromatic nitrogens is 1. The molecule has 0 bridgehead atoms. The van der Waals surface area contributed by atoms with Gasteiger partial charge in [-0.1, -0.05) is 85.8 Å². The van der Waals surface area contributed by atoms with Gasteiger partial charge in [0.15, 0.2) is 5.79 Å². The molecule has 2 aliphatic rings. The third kappa shape index (κ3) is 5.33. The molecule has 0 unspecified atom stereocenters. The largest absolute Gasteiger partial charge is 0.347 e. The number of benzene rings is 3. The van der Waals surface area contributed by atoms with Gasteiger partial charge in [-0.25, -0.2) is 4.98 Å².